The van der Waals surface area contributed by atoms with Crippen LogP contribution in [0.4, 0.5) is 0 Å². The third kappa shape index (κ3) is 1.94. The number of nitrogens with one attached hydrogen (secondary N) is 1. The summed E-state index contributed by atoms with van der Waals surface area (Å²) < 4.78 is 0. The minimum Gasteiger partial charge on any atom is -0.385 e. The maximum Gasteiger partial charge on any atom is 0.0345 e. The standard InChI is InChI=1S/C8H15NS/c1-6-4-5-10-8(3)7(2)9-6/h7-9H,1,4-5H2,2-3H3. The summed E-state index contributed by atoms with van der Waals surface area (Å²) in [6, 6.07) is 0.583. The van der Waals surface area contributed by atoms with Gasteiger partial charge in [-0.3, -0.25) is 0 Å². The van der Waals surface area contributed by atoms with Crippen LogP contribution in [-0.2, 0) is 0 Å². The van der Waals surface area contributed by atoms with Crippen molar-refractivity contribution in [3.05, 3.63) is 12.3 Å². The second-order valence-electron chi connectivity index (χ2n) is 2.86. The van der Waals surface area contributed by atoms with Crippen molar-refractivity contribution in [3.8, 4) is 0 Å². The number of rotatable bonds is 0. The van der Waals surface area contributed by atoms with Crippen molar-refractivity contribution in [1.29, 1.82) is 0 Å². The van der Waals surface area contributed by atoms with Crippen LogP contribution in [-0.4, -0.2) is 17.0 Å². The van der Waals surface area contributed by atoms with E-state index in [2.05, 4.69) is 25.7 Å². The van der Waals surface area contributed by atoms with E-state index < -0.39 is 0 Å². The maximum absolute atomic E-state index is 3.93. The molecule has 1 fully saturated rings. The molecule has 1 N–H and O–H groups in total. The van der Waals surface area contributed by atoms with E-state index >= 15 is 0 Å². The lowest BCUT2D eigenvalue weighted by molar-refractivity contribution is 0.608. The van der Waals surface area contributed by atoms with Gasteiger partial charge in [0.2, 0.25) is 0 Å². The predicted octanol–water partition coefficient (Wildman–Crippen LogP) is 2.00. The average molecular weight is 157 g/mol. The minimum atomic E-state index is 0.583. The van der Waals surface area contributed by atoms with Crippen LogP contribution < -0.4 is 5.32 Å². The Bertz CT molecular complexity index is 133. The first kappa shape index (κ1) is 7.99. The zero-order valence-electron chi connectivity index (χ0n) is 6.68. The number of hydrogen-bond acceptors (Lipinski definition) is 2. The van der Waals surface area contributed by atoms with Gasteiger partial charge in [0.1, 0.15) is 0 Å². The largest absolute Gasteiger partial charge is 0.385 e. The maximum atomic E-state index is 3.93. The lowest BCUT2D eigenvalue weighted by Crippen LogP contribution is -2.30. The van der Waals surface area contributed by atoms with Crippen molar-refractivity contribution in [3.63, 3.8) is 0 Å². The Morgan fingerprint density at radius 2 is 2.30 bits per heavy atom. The molecule has 1 nitrogen and oxygen atoms in total. The number of hydrogen-bond donors (Lipinski definition) is 1. The Balaban J connectivity index is 2.49. The third-order valence-corrected chi connectivity index (χ3v) is 3.29. The monoisotopic (exact) mass is 157 g/mol. The molecule has 0 amide bonds. The molecule has 0 saturated carbocycles. The van der Waals surface area contributed by atoms with E-state index in [-0.39, 0.29) is 0 Å². The molecule has 0 radical (unpaired) electrons. The first-order valence-corrected chi connectivity index (χ1v) is 4.81. The Morgan fingerprint density at radius 1 is 1.60 bits per heavy atom. The van der Waals surface area contributed by atoms with Crippen molar-refractivity contribution in [2.75, 3.05) is 5.75 Å². The highest BCUT2D eigenvalue weighted by Crippen LogP contribution is 2.20. The molecule has 0 aromatic carbocycles. The summed E-state index contributed by atoms with van der Waals surface area (Å²) in [5.41, 5.74) is 1.20. The molecule has 1 saturated heterocycles. The van der Waals surface area contributed by atoms with Crippen LogP contribution in [0.2, 0.25) is 0 Å². The van der Waals surface area contributed by atoms with Gasteiger partial charge in [-0.2, -0.15) is 11.8 Å². The van der Waals surface area contributed by atoms with Crippen molar-refractivity contribution in [2.45, 2.75) is 31.6 Å². The van der Waals surface area contributed by atoms with Gasteiger partial charge in [0.15, 0.2) is 0 Å². The van der Waals surface area contributed by atoms with Crippen molar-refractivity contribution < 1.29 is 0 Å². The molecule has 1 aliphatic rings. The molecule has 1 rings (SSSR count). The summed E-state index contributed by atoms with van der Waals surface area (Å²) in [6.45, 7) is 8.42. The number of thioether (sulfide) groups is 1. The highest BCUT2D eigenvalue weighted by Gasteiger charge is 2.15. The highest BCUT2D eigenvalue weighted by molar-refractivity contribution is 7.99. The Kier molecular flexibility index (Phi) is 2.66. The summed E-state index contributed by atoms with van der Waals surface area (Å²) in [5.74, 6) is 1.22. The van der Waals surface area contributed by atoms with E-state index in [1.165, 1.54) is 11.4 Å². The van der Waals surface area contributed by atoms with Crippen LogP contribution in [0.25, 0.3) is 0 Å². The van der Waals surface area contributed by atoms with Gasteiger partial charge in [0.05, 0.1) is 0 Å². The minimum absolute atomic E-state index is 0.583. The van der Waals surface area contributed by atoms with E-state index in [1.807, 2.05) is 11.8 Å². The fraction of sp³-hybridized carbons (Fsp3) is 0.750. The van der Waals surface area contributed by atoms with Gasteiger partial charge in [-0.25, -0.2) is 0 Å². The first-order chi connectivity index (χ1) is 4.70. The molecule has 1 aliphatic heterocycles. The highest BCUT2D eigenvalue weighted by atomic mass is 32.2. The molecule has 2 unspecified atom stereocenters. The quantitative estimate of drug-likeness (QED) is 0.577. The van der Waals surface area contributed by atoms with Crippen LogP contribution >= 0.6 is 11.8 Å². The lowest BCUT2D eigenvalue weighted by Gasteiger charge is -2.17. The lowest BCUT2D eigenvalue weighted by atomic mass is 10.2. The first-order valence-electron chi connectivity index (χ1n) is 3.76. The summed E-state index contributed by atoms with van der Waals surface area (Å²) in [5, 5.41) is 4.10. The normalized spacial score (nSPS) is 34.8. The summed E-state index contributed by atoms with van der Waals surface area (Å²) in [4.78, 5) is 0. The van der Waals surface area contributed by atoms with E-state index in [4.69, 9.17) is 0 Å². The molecule has 58 valence electrons. The SMILES string of the molecule is C=C1CCSC(C)C(C)N1. The second-order valence-corrected chi connectivity index (χ2v) is 4.35. The molecular weight excluding hydrogens is 142 g/mol. The van der Waals surface area contributed by atoms with E-state index in [0.29, 0.717) is 6.04 Å². The molecule has 0 spiro atoms. The molecule has 0 aliphatic carbocycles. The molecule has 0 aromatic rings. The van der Waals surface area contributed by atoms with Gasteiger partial charge in [-0.05, 0) is 19.1 Å². The molecule has 1 heterocycles. The molecule has 2 heteroatoms. The topological polar surface area (TPSA) is 12.0 Å². The molecular formula is C8H15NS. The summed E-state index contributed by atoms with van der Waals surface area (Å²) in [7, 11) is 0. The van der Waals surface area contributed by atoms with Crippen molar-refractivity contribution >= 4 is 11.8 Å². The fourth-order valence-electron chi connectivity index (χ4n) is 1.02. The van der Waals surface area contributed by atoms with Gasteiger partial charge in [0.25, 0.3) is 0 Å². The fourth-order valence-corrected chi connectivity index (χ4v) is 2.12. The van der Waals surface area contributed by atoms with Gasteiger partial charge < -0.3 is 5.32 Å². The van der Waals surface area contributed by atoms with Gasteiger partial charge in [-0.1, -0.05) is 13.5 Å². The predicted molar refractivity (Wildman–Crippen MR) is 48.3 cm³/mol. The van der Waals surface area contributed by atoms with Crippen molar-refractivity contribution in [2.24, 2.45) is 0 Å². The van der Waals surface area contributed by atoms with Crippen LogP contribution in [0, 0.1) is 0 Å². The van der Waals surface area contributed by atoms with Gasteiger partial charge in [-0.15, -0.1) is 0 Å². The Labute approximate surface area is 67.3 Å². The smallest absolute Gasteiger partial charge is 0.0345 e. The molecule has 0 aromatic heterocycles. The van der Waals surface area contributed by atoms with Gasteiger partial charge >= 0.3 is 0 Å². The molecule has 10 heavy (non-hydrogen) atoms. The zero-order valence-corrected chi connectivity index (χ0v) is 7.50. The molecule has 2 atom stereocenters. The Hall–Kier alpha value is -0.110. The summed E-state index contributed by atoms with van der Waals surface area (Å²) >= 11 is 2.03. The van der Waals surface area contributed by atoms with E-state index in [1.54, 1.807) is 0 Å². The van der Waals surface area contributed by atoms with Crippen LogP contribution in [0.1, 0.15) is 20.3 Å². The third-order valence-electron chi connectivity index (χ3n) is 1.92. The Morgan fingerprint density at radius 3 is 3.00 bits per heavy atom. The van der Waals surface area contributed by atoms with E-state index in [9.17, 15) is 0 Å². The van der Waals surface area contributed by atoms with Gasteiger partial charge in [0, 0.05) is 17.0 Å². The summed E-state index contributed by atoms with van der Waals surface area (Å²) in [6.07, 6.45) is 1.12. The van der Waals surface area contributed by atoms with E-state index in [0.717, 1.165) is 11.7 Å². The zero-order chi connectivity index (χ0) is 7.56. The molecule has 0 bridgehead atoms. The second kappa shape index (κ2) is 3.33. The van der Waals surface area contributed by atoms with Crippen LogP contribution in [0.5, 0.6) is 0 Å². The van der Waals surface area contributed by atoms with Crippen LogP contribution in [0.3, 0.4) is 0 Å². The average Bonchev–Trinajstić information content (AvgIpc) is 1.96. The van der Waals surface area contributed by atoms with Crippen molar-refractivity contribution in [1.82, 2.24) is 5.32 Å². The van der Waals surface area contributed by atoms with Crippen LogP contribution in [0.15, 0.2) is 12.3 Å². The number of allylic oxidation sites excluding steroid dienone is 1.